The van der Waals surface area contributed by atoms with Gasteiger partial charge in [-0.3, -0.25) is 5.10 Å². The number of aromatic nitrogens is 3. The van der Waals surface area contributed by atoms with E-state index in [1.807, 2.05) is 0 Å². The number of H-pyrrole nitrogens is 1. The van der Waals surface area contributed by atoms with Crippen molar-refractivity contribution < 1.29 is 0 Å². The summed E-state index contributed by atoms with van der Waals surface area (Å²) in [7, 11) is 0. The molecule has 2 rings (SSSR count). The van der Waals surface area contributed by atoms with Gasteiger partial charge in [0.05, 0.1) is 8.77 Å². The summed E-state index contributed by atoms with van der Waals surface area (Å²) in [5, 5.41) is 12.7. The molecule has 1 aliphatic rings. The molecule has 1 heterocycles. The molecule has 2 atom stereocenters. The predicted octanol–water partition coefficient (Wildman–Crippen LogP) is 0.765. The normalized spacial score (nSPS) is 38.1. The molecule has 0 fully saturated rings. The van der Waals surface area contributed by atoms with E-state index in [1.165, 1.54) is 0 Å². The number of nitrogens with one attached hydrogen (secondary N) is 1. The van der Waals surface area contributed by atoms with Gasteiger partial charge in [-0.15, -0.1) is 5.10 Å². The van der Waals surface area contributed by atoms with Crippen LogP contribution in [0, 0.1) is 5.92 Å². The highest BCUT2D eigenvalue weighted by molar-refractivity contribution is 14.1. The van der Waals surface area contributed by atoms with E-state index in [2.05, 4.69) is 76.2 Å². The van der Waals surface area contributed by atoms with Crippen LogP contribution in [0.4, 0.5) is 0 Å². The Balaban J connectivity index is 2.71. The lowest BCUT2D eigenvalue weighted by Gasteiger charge is -2.13. The molecular formula is C10H12IN3. The van der Waals surface area contributed by atoms with Crippen molar-refractivity contribution in [1.82, 2.24) is 15.4 Å². The smallest absolute Gasteiger partial charge is 0.109 e. The van der Waals surface area contributed by atoms with Crippen molar-refractivity contribution in [3.8, 4) is 0 Å². The molecule has 1 aliphatic carbocycles. The van der Waals surface area contributed by atoms with Crippen LogP contribution in [0.15, 0.2) is 12.2 Å². The summed E-state index contributed by atoms with van der Waals surface area (Å²) in [4.78, 5) is 0. The summed E-state index contributed by atoms with van der Waals surface area (Å²) in [5.74, 6) is 0.404. The number of allylic oxidation sites excluding steroid dienone is 2. The van der Waals surface area contributed by atoms with Gasteiger partial charge < -0.3 is 0 Å². The first-order chi connectivity index (χ1) is 6.57. The minimum Gasteiger partial charge on any atom is -0.258 e. The molecular weight excluding hydrogens is 289 g/mol. The second-order valence-electron chi connectivity index (χ2n) is 3.79. The standard InChI is InChI=1S/C10H12IN3/c1-7-3-4-10(2,11)6-9-8(5-7)12-14-13-9/h3-7H,1-2H3,(H,12,13)/b4-3-,8-5+,9-6+. The Morgan fingerprint density at radius 3 is 3.14 bits per heavy atom. The fourth-order valence-electron chi connectivity index (χ4n) is 1.45. The zero-order valence-electron chi connectivity index (χ0n) is 8.16. The van der Waals surface area contributed by atoms with E-state index in [0.717, 1.165) is 10.7 Å². The third-order valence-electron chi connectivity index (χ3n) is 2.18. The molecule has 0 amide bonds. The molecule has 0 saturated carbocycles. The number of rotatable bonds is 0. The first-order valence-electron chi connectivity index (χ1n) is 4.57. The highest BCUT2D eigenvalue weighted by Gasteiger charge is 2.14. The van der Waals surface area contributed by atoms with Crippen molar-refractivity contribution in [2.45, 2.75) is 17.3 Å². The summed E-state index contributed by atoms with van der Waals surface area (Å²) >= 11 is 2.41. The van der Waals surface area contributed by atoms with Gasteiger partial charge in [-0.25, -0.2) is 0 Å². The maximum Gasteiger partial charge on any atom is 0.109 e. The summed E-state index contributed by atoms with van der Waals surface area (Å²) in [6, 6.07) is 0. The Hall–Kier alpha value is -0.650. The Morgan fingerprint density at radius 2 is 2.36 bits per heavy atom. The predicted molar refractivity (Wildman–Crippen MR) is 65.3 cm³/mol. The molecule has 0 saturated heterocycles. The number of aromatic amines is 1. The third kappa shape index (κ3) is 2.05. The molecule has 1 N–H and O–H groups in total. The number of fused-ring (bicyclic) bond motifs is 1. The van der Waals surface area contributed by atoms with Crippen LogP contribution in [0.5, 0.6) is 0 Å². The quantitative estimate of drug-likeness (QED) is 0.437. The average molecular weight is 301 g/mol. The van der Waals surface area contributed by atoms with E-state index in [0.29, 0.717) is 5.92 Å². The third-order valence-corrected chi connectivity index (χ3v) is 2.85. The van der Waals surface area contributed by atoms with E-state index in [-0.39, 0.29) is 3.42 Å². The Labute approximate surface area is 96.1 Å². The Bertz CT molecular complexity index is 470. The second-order valence-corrected chi connectivity index (χ2v) is 6.12. The topological polar surface area (TPSA) is 41.6 Å². The van der Waals surface area contributed by atoms with Crippen molar-refractivity contribution in [2.24, 2.45) is 5.92 Å². The average Bonchev–Trinajstić information content (AvgIpc) is 2.47. The molecule has 1 aromatic rings. The summed E-state index contributed by atoms with van der Waals surface area (Å²) in [6.45, 7) is 4.31. The largest absolute Gasteiger partial charge is 0.258 e. The highest BCUT2D eigenvalue weighted by atomic mass is 127. The Kier molecular flexibility index (Phi) is 2.47. The number of nitrogens with zero attached hydrogens (tertiary/aromatic N) is 2. The monoisotopic (exact) mass is 301 g/mol. The van der Waals surface area contributed by atoms with E-state index in [9.17, 15) is 0 Å². The van der Waals surface area contributed by atoms with Gasteiger partial charge in [-0.2, -0.15) is 0 Å². The summed E-state index contributed by atoms with van der Waals surface area (Å²) in [6.07, 6.45) is 8.65. The molecule has 1 aromatic heterocycles. The molecule has 0 bridgehead atoms. The first-order valence-corrected chi connectivity index (χ1v) is 5.65. The van der Waals surface area contributed by atoms with E-state index >= 15 is 0 Å². The molecule has 0 aromatic carbocycles. The fraction of sp³-hybridized carbons (Fsp3) is 0.400. The molecule has 14 heavy (non-hydrogen) atoms. The lowest BCUT2D eigenvalue weighted by Crippen LogP contribution is -2.30. The maximum absolute atomic E-state index is 4.04. The molecule has 3 nitrogen and oxygen atoms in total. The van der Waals surface area contributed by atoms with Crippen LogP contribution in [-0.4, -0.2) is 18.8 Å². The van der Waals surface area contributed by atoms with Gasteiger partial charge in [0, 0.05) is 0 Å². The van der Waals surface area contributed by atoms with Crippen LogP contribution in [0.25, 0.3) is 12.2 Å². The van der Waals surface area contributed by atoms with Crippen LogP contribution >= 0.6 is 22.6 Å². The van der Waals surface area contributed by atoms with Gasteiger partial charge in [-0.05, 0) is 25.0 Å². The second kappa shape index (κ2) is 3.49. The van der Waals surface area contributed by atoms with Crippen molar-refractivity contribution >= 4 is 34.7 Å². The number of halogens is 1. The minimum absolute atomic E-state index is 0.0310. The van der Waals surface area contributed by atoms with Crippen LogP contribution in [0.2, 0.25) is 0 Å². The molecule has 0 aliphatic heterocycles. The van der Waals surface area contributed by atoms with Crippen LogP contribution in [0.1, 0.15) is 13.8 Å². The molecule has 2 unspecified atom stereocenters. The molecule has 74 valence electrons. The summed E-state index contributed by atoms with van der Waals surface area (Å²) < 4.78 is 0.0310. The zero-order valence-corrected chi connectivity index (χ0v) is 10.3. The van der Waals surface area contributed by atoms with Crippen LogP contribution in [0.3, 0.4) is 0 Å². The number of alkyl halides is 1. The van der Waals surface area contributed by atoms with Crippen molar-refractivity contribution in [3.05, 3.63) is 22.9 Å². The maximum atomic E-state index is 4.04. The van der Waals surface area contributed by atoms with Gasteiger partial charge in [0.25, 0.3) is 0 Å². The number of hydrogen-bond donors (Lipinski definition) is 1. The van der Waals surface area contributed by atoms with Gasteiger partial charge >= 0.3 is 0 Å². The van der Waals surface area contributed by atoms with Gasteiger partial charge in [0.2, 0.25) is 0 Å². The van der Waals surface area contributed by atoms with E-state index in [4.69, 9.17) is 0 Å². The lowest BCUT2D eigenvalue weighted by atomic mass is 10.0. The van der Waals surface area contributed by atoms with Gasteiger partial charge in [0.1, 0.15) is 5.35 Å². The Morgan fingerprint density at radius 1 is 1.57 bits per heavy atom. The highest BCUT2D eigenvalue weighted by Crippen LogP contribution is 2.22. The van der Waals surface area contributed by atoms with Crippen molar-refractivity contribution in [2.75, 3.05) is 0 Å². The lowest BCUT2D eigenvalue weighted by molar-refractivity contribution is 0.919. The first kappa shape index (κ1) is 9.89. The fourth-order valence-corrected chi connectivity index (χ4v) is 1.97. The van der Waals surface area contributed by atoms with Crippen molar-refractivity contribution in [3.63, 3.8) is 0 Å². The van der Waals surface area contributed by atoms with Gasteiger partial charge in [-0.1, -0.05) is 46.9 Å². The van der Waals surface area contributed by atoms with E-state index in [1.54, 1.807) is 0 Å². The van der Waals surface area contributed by atoms with E-state index < -0.39 is 0 Å². The number of hydrogen-bond acceptors (Lipinski definition) is 2. The molecule has 0 radical (unpaired) electrons. The van der Waals surface area contributed by atoms with Crippen molar-refractivity contribution in [1.29, 1.82) is 0 Å². The summed E-state index contributed by atoms with van der Waals surface area (Å²) in [5.41, 5.74) is 0. The molecule has 0 spiro atoms. The van der Waals surface area contributed by atoms with Crippen LogP contribution in [-0.2, 0) is 0 Å². The molecule has 4 heteroatoms. The van der Waals surface area contributed by atoms with Gasteiger partial charge in [0.15, 0.2) is 0 Å². The van der Waals surface area contributed by atoms with Crippen LogP contribution < -0.4 is 10.7 Å². The minimum atomic E-state index is 0.0310. The SMILES string of the molecule is CC1/C=C\C(C)(I)/C=c2/[nH]nn/c2=C/1. The zero-order chi connectivity index (χ0) is 10.2.